The van der Waals surface area contributed by atoms with E-state index in [1.807, 2.05) is 0 Å². The van der Waals surface area contributed by atoms with Crippen molar-refractivity contribution in [1.82, 2.24) is 0 Å². The fourth-order valence-electron chi connectivity index (χ4n) is 6.17. The first-order valence-corrected chi connectivity index (χ1v) is 11.6. The van der Waals surface area contributed by atoms with Gasteiger partial charge in [-0.3, -0.25) is 0 Å². The van der Waals surface area contributed by atoms with E-state index in [2.05, 4.69) is 93.9 Å². The zero-order valence-electron chi connectivity index (χ0n) is 18.9. The number of unbranched alkanes of at least 4 members (excludes halogenated alkanes) is 1. The number of aryl methyl sites for hydroxylation is 1. The van der Waals surface area contributed by atoms with Crippen LogP contribution in [0.2, 0.25) is 0 Å². The highest BCUT2D eigenvalue weighted by molar-refractivity contribution is 5.96. The first kappa shape index (κ1) is 20.1. The van der Waals surface area contributed by atoms with Gasteiger partial charge in [0.15, 0.2) is 11.7 Å². The van der Waals surface area contributed by atoms with Crippen molar-refractivity contribution in [3.63, 3.8) is 0 Å². The first-order chi connectivity index (χ1) is 14.1. The Bertz CT molecular complexity index is 1030. The van der Waals surface area contributed by atoms with Crippen molar-refractivity contribution in [3.8, 4) is 11.3 Å². The monoisotopic (exact) mass is 386 g/mol. The van der Waals surface area contributed by atoms with Crippen molar-refractivity contribution in [1.29, 1.82) is 0 Å². The fraction of sp³-hybridized carbons (Fsp3) is 0.464. The molecule has 0 aliphatic carbocycles. The quantitative estimate of drug-likeness (QED) is 0.390. The second-order valence-electron chi connectivity index (χ2n) is 8.98. The molecule has 0 amide bonds. The standard InChI is InChI=1S/C28H36N/c1-6-10-14-21-15-13-17-23-22(21)19-20-29-26(23)24-16-11-12-18-25(24)28(8-3,9-4)27(29,5)7-2/h11-13,15-20H,6-10,14H2,1-5H3/q+1. The summed E-state index contributed by atoms with van der Waals surface area (Å²) in [5, 5.41) is 2.84. The van der Waals surface area contributed by atoms with E-state index in [1.165, 1.54) is 40.4 Å². The largest absolute Gasteiger partial charge is 0.221 e. The highest BCUT2D eigenvalue weighted by atomic mass is 15.1. The molecule has 1 aliphatic rings. The third kappa shape index (κ3) is 2.70. The molecule has 1 heteroatoms. The molecular formula is C28H36N+. The highest BCUT2D eigenvalue weighted by Crippen LogP contribution is 2.52. The minimum Gasteiger partial charge on any atom is -0.192 e. The Hall–Kier alpha value is -2.15. The Balaban J connectivity index is 2.11. The SMILES string of the molecule is CCCCc1cccc2c3[n+](ccc12)C(C)(CC)C(CC)(CC)c1ccccc1-3. The normalized spacial score (nSPS) is 19.8. The summed E-state index contributed by atoms with van der Waals surface area (Å²) in [6.45, 7) is 11.9. The van der Waals surface area contributed by atoms with Gasteiger partial charge >= 0.3 is 0 Å². The summed E-state index contributed by atoms with van der Waals surface area (Å²) in [6.07, 6.45) is 9.49. The third-order valence-corrected chi connectivity index (χ3v) is 8.04. The molecule has 1 atom stereocenters. The van der Waals surface area contributed by atoms with Crippen LogP contribution >= 0.6 is 0 Å². The second-order valence-corrected chi connectivity index (χ2v) is 8.98. The summed E-state index contributed by atoms with van der Waals surface area (Å²) >= 11 is 0. The van der Waals surface area contributed by atoms with Gasteiger partial charge in [0.05, 0.1) is 16.4 Å². The number of benzene rings is 2. The maximum atomic E-state index is 2.63. The number of rotatable bonds is 6. The molecule has 2 heterocycles. The molecule has 1 aromatic heterocycles. The van der Waals surface area contributed by atoms with E-state index < -0.39 is 0 Å². The average molecular weight is 387 g/mol. The van der Waals surface area contributed by atoms with Crippen LogP contribution < -0.4 is 4.57 Å². The maximum absolute atomic E-state index is 2.63. The smallest absolute Gasteiger partial charge is 0.192 e. The molecule has 4 rings (SSSR count). The van der Waals surface area contributed by atoms with Crippen molar-refractivity contribution >= 4 is 10.8 Å². The minimum atomic E-state index is 0.0633. The molecule has 29 heavy (non-hydrogen) atoms. The van der Waals surface area contributed by atoms with Crippen LogP contribution in [0.15, 0.2) is 54.7 Å². The molecule has 1 aliphatic heterocycles. The van der Waals surface area contributed by atoms with Gasteiger partial charge in [0, 0.05) is 19.4 Å². The number of nitrogens with zero attached hydrogens (tertiary/aromatic N) is 1. The summed E-state index contributed by atoms with van der Waals surface area (Å²) in [7, 11) is 0. The number of aromatic nitrogens is 1. The fourth-order valence-corrected chi connectivity index (χ4v) is 6.17. The molecule has 0 bridgehead atoms. The van der Waals surface area contributed by atoms with Gasteiger partial charge in [-0.1, -0.05) is 64.4 Å². The van der Waals surface area contributed by atoms with Crippen LogP contribution in [0.25, 0.3) is 22.0 Å². The molecule has 1 nitrogen and oxygen atoms in total. The van der Waals surface area contributed by atoms with Crippen molar-refractivity contribution in [2.45, 2.75) is 84.1 Å². The van der Waals surface area contributed by atoms with Crippen molar-refractivity contribution in [2.75, 3.05) is 0 Å². The van der Waals surface area contributed by atoms with Crippen LogP contribution in [0.1, 0.15) is 77.8 Å². The molecular weight excluding hydrogens is 350 g/mol. The van der Waals surface area contributed by atoms with Crippen LogP contribution in [0, 0.1) is 0 Å². The molecule has 0 fully saturated rings. The minimum absolute atomic E-state index is 0.0633. The molecule has 2 aromatic carbocycles. The highest BCUT2D eigenvalue weighted by Gasteiger charge is 2.58. The van der Waals surface area contributed by atoms with Crippen LogP contribution in [0.4, 0.5) is 0 Å². The lowest BCUT2D eigenvalue weighted by atomic mass is 9.58. The van der Waals surface area contributed by atoms with Gasteiger partial charge in [-0.05, 0) is 54.3 Å². The van der Waals surface area contributed by atoms with Crippen LogP contribution in [-0.4, -0.2) is 0 Å². The lowest BCUT2D eigenvalue weighted by molar-refractivity contribution is -0.765. The third-order valence-electron chi connectivity index (χ3n) is 8.04. The Morgan fingerprint density at radius 1 is 0.793 bits per heavy atom. The molecule has 0 N–H and O–H groups in total. The average Bonchev–Trinajstić information content (AvgIpc) is 2.77. The van der Waals surface area contributed by atoms with Crippen molar-refractivity contribution in [2.24, 2.45) is 0 Å². The van der Waals surface area contributed by atoms with Gasteiger partial charge in [0.25, 0.3) is 0 Å². The number of fused-ring (bicyclic) bond motifs is 5. The van der Waals surface area contributed by atoms with E-state index in [4.69, 9.17) is 0 Å². The predicted molar refractivity (Wildman–Crippen MR) is 124 cm³/mol. The summed E-state index contributed by atoms with van der Waals surface area (Å²) in [6, 6.07) is 18.5. The topological polar surface area (TPSA) is 3.88 Å². The van der Waals surface area contributed by atoms with Gasteiger partial charge in [-0.2, -0.15) is 4.57 Å². The van der Waals surface area contributed by atoms with Gasteiger partial charge in [-0.15, -0.1) is 0 Å². The molecule has 152 valence electrons. The number of hydrogen-bond donors (Lipinski definition) is 0. The summed E-state index contributed by atoms with van der Waals surface area (Å²) in [4.78, 5) is 0. The van der Waals surface area contributed by atoms with E-state index in [0.717, 1.165) is 25.7 Å². The number of hydrogen-bond acceptors (Lipinski definition) is 0. The van der Waals surface area contributed by atoms with E-state index in [1.54, 1.807) is 5.56 Å². The lowest BCUT2D eigenvalue weighted by Gasteiger charge is -2.48. The van der Waals surface area contributed by atoms with Crippen LogP contribution in [0.5, 0.6) is 0 Å². The van der Waals surface area contributed by atoms with Gasteiger partial charge in [0.2, 0.25) is 5.69 Å². The first-order valence-electron chi connectivity index (χ1n) is 11.6. The Morgan fingerprint density at radius 2 is 1.55 bits per heavy atom. The van der Waals surface area contributed by atoms with Gasteiger partial charge in [-0.25, -0.2) is 0 Å². The molecule has 1 unspecified atom stereocenters. The van der Waals surface area contributed by atoms with Gasteiger partial charge in [0.1, 0.15) is 0 Å². The number of pyridine rings is 1. The summed E-state index contributed by atoms with van der Waals surface area (Å²) in [5.41, 5.74) is 6.10. The molecule has 0 radical (unpaired) electrons. The van der Waals surface area contributed by atoms with E-state index in [9.17, 15) is 0 Å². The molecule has 0 saturated heterocycles. The van der Waals surface area contributed by atoms with E-state index in [0.29, 0.717) is 0 Å². The Morgan fingerprint density at radius 3 is 2.24 bits per heavy atom. The van der Waals surface area contributed by atoms with Crippen LogP contribution in [-0.2, 0) is 17.4 Å². The summed E-state index contributed by atoms with van der Waals surface area (Å²) in [5.74, 6) is 0. The second kappa shape index (κ2) is 7.59. The Kier molecular flexibility index (Phi) is 5.27. The van der Waals surface area contributed by atoms with E-state index >= 15 is 0 Å². The molecule has 0 saturated carbocycles. The van der Waals surface area contributed by atoms with Crippen LogP contribution in [0.3, 0.4) is 0 Å². The zero-order chi connectivity index (χ0) is 20.6. The van der Waals surface area contributed by atoms with Crippen molar-refractivity contribution < 1.29 is 4.57 Å². The molecule has 0 spiro atoms. The van der Waals surface area contributed by atoms with E-state index in [-0.39, 0.29) is 11.0 Å². The maximum Gasteiger partial charge on any atom is 0.221 e. The van der Waals surface area contributed by atoms with Gasteiger partial charge < -0.3 is 0 Å². The predicted octanol–water partition coefficient (Wildman–Crippen LogP) is 7.33. The van der Waals surface area contributed by atoms with Crippen molar-refractivity contribution in [3.05, 3.63) is 65.9 Å². The zero-order valence-corrected chi connectivity index (χ0v) is 18.9. The summed E-state index contributed by atoms with van der Waals surface area (Å²) < 4.78 is 2.63. The molecule has 3 aromatic rings. The lowest BCUT2D eigenvalue weighted by Crippen LogP contribution is -2.68. The Labute approximate surface area is 176 Å².